The Bertz CT molecular complexity index is 1230. The summed E-state index contributed by atoms with van der Waals surface area (Å²) in [7, 11) is 0. The first kappa shape index (κ1) is 21.0. The normalized spacial score (nSPS) is 15.8. The van der Waals surface area contributed by atoms with Gasteiger partial charge >= 0.3 is 0 Å². The Morgan fingerprint density at radius 2 is 2.12 bits per heavy atom. The average Bonchev–Trinajstić information content (AvgIpc) is 3.43. The summed E-state index contributed by atoms with van der Waals surface area (Å²) in [5, 5.41) is 11.9. The zero-order valence-corrected chi connectivity index (χ0v) is 19.5. The van der Waals surface area contributed by atoms with Gasteiger partial charge in [0.1, 0.15) is 12.4 Å². The van der Waals surface area contributed by atoms with Gasteiger partial charge in [0, 0.05) is 40.3 Å². The summed E-state index contributed by atoms with van der Waals surface area (Å²) >= 11 is 3.52. The van der Waals surface area contributed by atoms with Crippen LogP contribution in [0.25, 0.3) is 22.1 Å². The summed E-state index contributed by atoms with van der Waals surface area (Å²) in [5.41, 5.74) is 11.1. The minimum absolute atomic E-state index is 0.105. The van der Waals surface area contributed by atoms with Crippen LogP contribution in [0.3, 0.4) is 0 Å². The van der Waals surface area contributed by atoms with Crippen LogP contribution in [0.4, 0.5) is 5.82 Å². The Kier molecular flexibility index (Phi) is 5.89. The van der Waals surface area contributed by atoms with E-state index in [-0.39, 0.29) is 6.10 Å². The number of hydrogen-bond donors (Lipinski definition) is 3. The van der Waals surface area contributed by atoms with E-state index in [4.69, 9.17) is 14.9 Å². The summed E-state index contributed by atoms with van der Waals surface area (Å²) in [4.78, 5) is 4.41. The lowest BCUT2D eigenvalue weighted by Crippen LogP contribution is -2.27. The summed E-state index contributed by atoms with van der Waals surface area (Å²) in [6.07, 6.45) is 8.23. The maximum Gasteiger partial charge on any atom is 0.205 e. The average molecular weight is 496 g/mol. The van der Waals surface area contributed by atoms with Crippen LogP contribution >= 0.6 is 15.9 Å². The molecule has 0 aliphatic carbocycles. The van der Waals surface area contributed by atoms with Crippen LogP contribution < -0.4 is 15.8 Å². The summed E-state index contributed by atoms with van der Waals surface area (Å²) in [5.74, 6) is 1.23. The molecule has 0 radical (unpaired) electrons. The number of halogens is 1. The number of pyridine rings is 1. The SMILES string of the molecule is CC(Cc1cccc(Br)c1)Oc1c(N)ncc2c(-c3c[nH]nc3C3CCNCC3)coc12. The van der Waals surface area contributed by atoms with Gasteiger partial charge < -0.3 is 20.2 Å². The van der Waals surface area contributed by atoms with Gasteiger partial charge in [0.25, 0.3) is 0 Å². The van der Waals surface area contributed by atoms with E-state index in [9.17, 15) is 0 Å². The number of furan rings is 1. The lowest BCUT2D eigenvalue weighted by molar-refractivity contribution is 0.223. The smallest absolute Gasteiger partial charge is 0.205 e. The Morgan fingerprint density at radius 3 is 2.94 bits per heavy atom. The van der Waals surface area contributed by atoms with Crippen molar-refractivity contribution >= 4 is 32.7 Å². The molecule has 32 heavy (non-hydrogen) atoms. The molecule has 5 rings (SSSR count). The van der Waals surface area contributed by atoms with E-state index in [1.165, 1.54) is 5.56 Å². The topological polar surface area (TPSA) is 102 Å². The van der Waals surface area contributed by atoms with Crippen LogP contribution in [0.15, 0.2) is 51.8 Å². The van der Waals surface area contributed by atoms with Crippen LogP contribution in [0.2, 0.25) is 0 Å². The fourth-order valence-electron chi connectivity index (χ4n) is 4.46. The Labute approximate surface area is 194 Å². The molecule has 1 atom stereocenters. The minimum atomic E-state index is -0.105. The third-order valence-electron chi connectivity index (χ3n) is 6.02. The van der Waals surface area contributed by atoms with Crippen molar-refractivity contribution in [1.29, 1.82) is 0 Å². The molecule has 1 aliphatic heterocycles. The minimum Gasteiger partial charge on any atom is -0.483 e. The number of rotatable bonds is 6. The van der Waals surface area contributed by atoms with Crippen LogP contribution in [0, 0.1) is 0 Å². The zero-order chi connectivity index (χ0) is 22.1. The van der Waals surface area contributed by atoms with Crippen molar-refractivity contribution in [3.8, 4) is 16.9 Å². The number of aromatic nitrogens is 3. The van der Waals surface area contributed by atoms with Crippen molar-refractivity contribution in [3.63, 3.8) is 0 Å². The van der Waals surface area contributed by atoms with E-state index in [1.807, 2.05) is 25.3 Å². The Balaban J connectivity index is 1.45. The van der Waals surface area contributed by atoms with E-state index >= 15 is 0 Å². The molecule has 4 heterocycles. The quantitative estimate of drug-likeness (QED) is 0.346. The number of nitrogens with one attached hydrogen (secondary N) is 2. The summed E-state index contributed by atoms with van der Waals surface area (Å²) < 4.78 is 13.3. The molecular weight excluding hydrogens is 470 g/mol. The monoisotopic (exact) mass is 495 g/mol. The van der Waals surface area contributed by atoms with E-state index < -0.39 is 0 Å². The van der Waals surface area contributed by atoms with Crippen molar-refractivity contribution < 1.29 is 9.15 Å². The number of nitrogens with two attached hydrogens (primary N) is 1. The van der Waals surface area contributed by atoms with E-state index in [0.29, 0.717) is 23.1 Å². The van der Waals surface area contributed by atoms with Crippen LogP contribution in [-0.2, 0) is 6.42 Å². The fraction of sp³-hybridized carbons (Fsp3) is 0.333. The first-order valence-corrected chi connectivity index (χ1v) is 11.7. The lowest BCUT2D eigenvalue weighted by atomic mass is 9.90. The molecule has 7 nitrogen and oxygen atoms in total. The number of fused-ring (bicyclic) bond motifs is 1. The van der Waals surface area contributed by atoms with Crippen molar-refractivity contribution in [2.45, 2.75) is 38.2 Å². The van der Waals surface area contributed by atoms with Crippen molar-refractivity contribution in [2.24, 2.45) is 0 Å². The predicted octanol–water partition coefficient (Wildman–Crippen LogP) is 5.04. The lowest BCUT2D eigenvalue weighted by Gasteiger charge is -2.21. The van der Waals surface area contributed by atoms with E-state index in [0.717, 1.165) is 59.0 Å². The third-order valence-corrected chi connectivity index (χ3v) is 6.51. The molecule has 4 N–H and O–H groups in total. The van der Waals surface area contributed by atoms with Crippen molar-refractivity contribution in [3.05, 3.63) is 58.7 Å². The van der Waals surface area contributed by atoms with Gasteiger partial charge in [0.2, 0.25) is 5.75 Å². The maximum atomic E-state index is 6.25. The fourth-order valence-corrected chi connectivity index (χ4v) is 4.91. The molecule has 1 unspecified atom stereocenters. The molecular formula is C24H26BrN5O2. The van der Waals surface area contributed by atoms with Gasteiger partial charge in [0.15, 0.2) is 11.4 Å². The Hall–Kier alpha value is -2.84. The van der Waals surface area contributed by atoms with Gasteiger partial charge in [-0.2, -0.15) is 5.10 Å². The number of nitrogens with zero attached hydrogens (tertiary/aromatic N) is 2. The predicted molar refractivity (Wildman–Crippen MR) is 129 cm³/mol. The summed E-state index contributed by atoms with van der Waals surface area (Å²) in [6.45, 7) is 4.04. The molecule has 0 bridgehead atoms. The molecule has 0 saturated carbocycles. The zero-order valence-electron chi connectivity index (χ0n) is 17.9. The second-order valence-electron chi connectivity index (χ2n) is 8.34. The number of anilines is 1. The maximum absolute atomic E-state index is 6.25. The molecule has 3 aromatic heterocycles. The van der Waals surface area contributed by atoms with Crippen LogP contribution in [0.5, 0.6) is 5.75 Å². The van der Waals surface area contributed by atoms with Gasteiger partial charge in [-0.1, -0.05) is 28.1 Å². The number of aromatic amines is 1. The number of H-pyrrole nitrogens is 1. The molecule has 8 heteroatoms. The standard InChI is InChI=1S/C24H26BrN5O2/c1-14(9-15-3-2-4-17(25)10-15)32-23-22-19(11-28-24(23)26)20(13-31-22)18-12-29-30-21(18)16-5-7-27-8-6-16/h2-4,10-14,16,27H,5-9H2,1H3,(H2,26,28)(H,29,30). The molecule has 0 amide bonds. The van der Waals surface area contributed by atoms with Crippen molar-refractivity contribution in [1.82, 2.24) is 20.5 Å². The van der Waals surface area contributed by atoms with E-state index in [1.54, 1.807) is 12.5 Å². The van der Waals surface area contributed by atoms with Crippen molar-refractivity contribution in [2.75, 3.05) is 18.8 Å². The first-order valence-electron chi connectivity index (χ1n) is 10.9. The number of hydrogen-bond acceptors (Lipinski definition) is 6. The molecule has 1 saturated heterocycles. The molecule has 166 valence electrons. The number of benzene rings is 1. The van der Waals surface area contributed by atoms with Crippen LogP contribution in [-0.4, -0.2) is 34.4 Å². The van der Waals surface area contributed by atoms with Gasteiger partial charge in [-0.15, -0.1) is 0 Å². The highest BCUT2D eigenvalue weighted by Gasteiger charge is 2.25. The second-order valence-corrected chi connectivity index (χ2v) is 9.25. The van der Waals surface area contributed by atoms with Gasteiger partial charge in [-0.25, -0.2) is 4.98 Å². The van der Waals surface area contributed by atoms with Crippen LogP contribution in [0.1, 0.15) is 36.9 Å². The second kappa shape index (κ2) is 8.96. The highest BCUT2D eigenvalue weighted by molar-refractivity contribution is 9.10. The first-order chi connectivity index (χ1) is 15.6. The number of nitrogen functional groups attached to an aromatic ring is 1. The number of piperidine rings is 1. The molecule has 4 aromatic rings. The molecule has 1 aromatic carbocycles. The molecule has 1 aliphatic rings. The highest BCUT2D eigenvalue weighted by Crippen LogP contribution is 2.41. The highest BCUT2D eigenvalue weighted by atomic mass is 79.9. The largest absolute Gasteiger partial charge is 0.483 e. The summed E-state index contributed by atoms with van der Waals surface area (Å²) in [6, 6.07) is 8.20. The number of ether oxygens (including phenoxy) is 1. The van der Waals surface area contributed by atoms with Gasteiger partial charge in [-0.05, 0) is 50.6 Å². The third kappa shape index (κ3) is 4.12. The Morgan fingerprint density at radius 1 is 1.28 bits per heavy atom. The van der Waals surface area contributed by atoms with E-state index in [2.05, 4.69) is 48.6 Å². The van der Waals surface area contributed by atoms with Gasteiger partial charge in [-0.3, -0.25) is 5.10 Å². The van der Waals surface area contributed by atoms with Gasteiger partial charge in [0.05, 0.1) is 11.1 Å². The molecule has 1 fully saturated rings. The molecule has 0 spiro atoms.